The van der Waals surface area contributed by atoms with Crippen molar-refractivity contribution >= 4 is 23.4 Å². The molecule has 0 aliphatic carbocycles. The summed E-state index contributed by atoms with van der Waals surface area (Å²) in [6.45, 7) is 0.953. The number of ether oxygens (including phenoxy) is 1. The summed E-state index contributed by atoms with van der Waals surface area (Å²) in [5.41, 5.74) is 3.35. The molecule has 3 N–H and O–H groups in total. The largest absolute Gasteiger partial charge is 0.493 e. The molecule has 0 aromatic heterocycles. The van der Waals surface area contributed by atoms with Gasteiger partial charge in [0.1, 0.15) is 5.75 Å². The lowest BCUT2D eigenvalue weighted by molar-refractivity contribution is 0.232. The van der Waals surface area contributed by atoms with E-state index in [2.05, 4.69) is 16.0 Å². The first kappa shape index (κ1) is 16.3. The van der Waals surface area contributed by atoms with Crippen molar-refractivity contribution in [1.82, 2.24) is 10.6 Å². The van der Waals surface area contributed by atoms with Gasteiger partial charge in [0.25, 0.3) is 0 Å². The van der Waals surface area contributed by atoms with Gasteiger partial charge in [0.05, 0.1) is 18.3 Å². The van der Waals surface area contributed by atoms with Crippen LogP contribution < -0.4 is 25.6 Å². The molecule has 0 bridgehead atoms. The fourth-order valence-corrected chi connectivity index (χ4v) is 3.39. The Morgan fingerprint density at radius 3 is 2.96 bits per heavy atom. The van der Waals surface area contributed by atoms with E-state index in [4.69, 9.17) is 4.74 Å². The van der Waals surface area contributed by atoms with Crippen LogP contribution in [0, 0.1) is 0 Å². The zero-order chi connectivity index (χ0) is 18.1. The number of para-hydroxylation sites is 1. The van der Waals surface area contributed by atoms with Crippen molar-refractivity contribution in [2.24, 2.45) is 0 Å². The van der Waals surface area contributed by atoms with Crippen LogP contribution in [0.25, 0.3) is 0 Å². The second-order valence-corrected chi connectivity index (χ2v) is 6.35. The molecule has 2 aliphatic heterocycles. The third-order valence-electron chi connectivity index (χ3n) is 4.75. The lowest BCUT2D eigenvalue weighted by atomic mass is 10.0. The van der Waals surface area contributed by atoms with Crippen LogP contribution >= 0.6 is 0 Å². The second kappa shape index (κ2) is 6.59. The molecule has 7 nitrogen and oxygen atoms in total. The molecule has 7 heteroatoms. The monoisotopic (exact) mass is 352 g/mol. The van der Waals surface area contributed by atoms with Gasteiger partial charge in [-0.05, 0) is 18.2 Å². The third kappa shape index (κ3) is 2.92. The summed E-state index contributed by atoms with van der Waals surface area (Å²) >= 11 is 0. The zero-order valence-electron chi connectivity index (χ0n) is 14.4. The van der Waals surface area contributed by atoms with Gasteiger partial charge in [-0.2, -0.15) is 0 Å². The van der Waals surface area contributed by atoms with Gasteiger partial charge in [0, 0.05) is 36.8 Å². The van der Waals surface area contributed by atoms with Crippen LogP contribution in [0.1, 0.15) is 23.6 Å². The lowest BCUT2D eigenvalue weighted by Gasteiger charge is -2.29. The summed E-state index contributed by atoms with van der Waals surface area (Å²) in [6, 6.07) is 12.7. The average Bonchev–Trinajstić information content (AvgIpc) is 2.65. The minimum absolute atomic E-state index is 0.0955. The van der Waals surface area contributed by atoms with E-state index in [1.54, 1.807) is 7.05 Å². The number of anilines is 2. The Morgan fingerprint density at radius 1 is 1.23 bits per heavy atom. The zero-order valence-corrected chi connectivity index (χ0v) is 14.4. The number of carbonyl (C=O) groups is 2. The molecule has 0 saturated carbocycles. The van der Waals surface area contributed by atoms with E-state index in [9.17, 15) is 9.59 Å². The van der Waals surface area contributed by atoms with Gasteiger partial charge < -0.3 is 20.7 Å². The average molecular weight is 352 g/mol. The van der Waals surface area contributed by atoms with Crippen LogP contribution in [-0.4, -0.2) is 25.7 Å². The highest BCUT2D eigenvalue weighted by Gasteiger charge is 2.25. The van der Waals surface area contributed by atoms with Crippen LogP contribution in [-0.2, 0) is 6.54 Å². The molecule has 2 heterocycles. The van der Waals surface area contributed by atoms with E-state index in [1.165, 1.54) is 4.90 Å². The van der Waals surface area contributed by atoms with E-state index in [-0.39, 0.29) is 18.1 Å². The molecule has 0 fully saturated rings. The van der Waals surface area contributed by atoms with Crippen LogP contribution in [0.5, 0.6) is 5.75 Å². The summed E-state index contributed by atoms with van der Waals surface area (Å²) in [6.07, 6.45) is 0.718. The molecule has 134 valence electrons. The molecule has 26 heavy (non-hydrogen) atoms. The SMILES string of the molecule is CN1C(=O)NCc2c(NC(=O)N[C@@H]3CCOc4ccccc43)cccc21. The summed E-state index contributed by atoms with van der Waals surface area (Å²) in [4.78, 5) is 25.9. The second-order valence-electron chi connectivity index (χ2n) is 6.35. The first-order valence-corrected chi connectivity index (χ1v) is 8.56. The topological polar surface area (TPSA) is 82.7 Å². The van der Waals surface area contributed by atoms with Crippen molar-refractivity contribution < 1.29 is 14.3 Å². The number of fused-ring (bicyclic) bond motifs is 2. The van der Waals surface area contributed by atoms with E-state index in [1.807, 2.05) is 42.5 Å². The molecule has 2 aromatic carbocycles. The number of hydrogen-bond donors (Lipinski definition) is 3. The Labute approximate surface area is 151 Å². The van der Waals surface area contributed by atoms with Gasteiger partial charge in [0.15, 0.2) is 0 Å². The van der Waals surface area contributed by atoms with Gasteiger partial charge >= 0.3 is 12.1 Å². The number of urea groups is 2. The van der Waals surface area contributed by atoms with Gasteiger partial charge in [-0.15, -0.1) is 0 Å². The van der Waals surface area contributed by atoms with Gasteiger partial charge in [-0.3, -0.25) is 4.90 Å². The van der Waals surface area contributed by atoms with Crippen LogP contribution in [0.2, 0.25) is 0 Å². The van der Waals surface area contributed by atoms with E-state index in [0.29, 0.717) is 18.8 Å². The van der Waals surface area contributed by atoms with Crippen LogP contribution in [0.15, 0.2) is 42.5 Å². The predicted octanol–water partition coefficient (Wildman–Crippen LogP) is 2.99. The maximum Gasteiger partial charge on any atom is 0.321 e. The minimum Gasteiger partial charge on any atom is -0.493 e. The molecule has 4 amide bonds. The maximum absolute atomic E-state index is 12.6. The Hall–Kier alpha value is -3.22. The Bertz CT molecular complexity index is 868. The van der Waals surface area contributed by atoms with Crippen LogP contribution in [0.3, 0.4) is 0 Å². The van der Waals surface area contributed by atoms with E-state index in [0.717, 1.165) is 29.0 Å². The number of nitrogens with one attached hydrogen (secondary N) is 3. The first-order chi connectivity index (χ1) is 12.6. The summed E-state index contributed by atoms with van der Waals surface area (Å²) in [5.74, 6) is 0.811. The minimum atomic E-state index is -0.278. The Morgan fingerprint density at radius 2 is 2.08 bits per heavy atom. The van der Waals surface area contributed by atoms with Gasteiger partial charge in [-0.1, -0.05) is 24.3 Å². The van der Waals surface area contributed by atoms with Crippen molar-refractivity contribution in [3.63, 3.8) is 0 Å². The number of nitrogens with zero attached hydrogens (tertiary/aromatic N) is 1. The van der Waals surface area contributed by atoms with Crippen LogP contribution in [0.4, 0.5) is 21.0 Å². The molecular formula is C19H20N4O3. The van der Waals surface area contributed by atoms with Crippen molar-refractivity contribution in [1.29, 1.82) is 0 Å². The highest BCUT2D eigenvalue weighted by molar-refractivity contribution is 5.98. The summed E-state index contributed by atoms with van der Waals surface area (Å²) < 4.78 is 5.63. The molecule has 4 rings (SSSR count). The third-order valence-corrected chi connectivity index (χ3v) is 4.75. The Balaban J connectivity index is 1.51. The lowest BCUT2D eigenvalue weighted by Crippen LogP contribution is -2.42. The van der Waals surface area contributed by atoms with Gasteiger partial charge in [-0.25, -0.2) is 9.59 Å². The smallest absolute Gasteiger partial charge is 0.321 e. The quantitative estimate of drug-likeness (QED) is 0.777. The van der Waals surface area contributed by atoms with Crippen molar-refractivity contribution in [3.05, 3.63) is 53.6 Å². The number of benzene rings is 2. The molecule has 2 aromatic rings. The van der Waals surface area contributed by atoms with Crippen molar-refractivity contribution in [2.75, 3.05) is 23.9 Å². The van der Waals surface area contributed by atoms with E-state index < -0.39 is 0 Å². The molecule has 0 radical (unpaired) electrons. The maximum atomic E-state index is 12.6. The molecule has 0 saturated heterocycles. The molecule has 1 atom stereocenters. The molecule has 0 unspecified atom stereocenters. The molecular weight excluding hydrogens is 332 g/mol. The fourth-order valence-electron chi connectivity index (χ4n) is 3.39. The van der Waals surface area contributed by atoms with Crippen molar-refractivity contribution in [2.45, 2.75) is 19.0 Å². The number of amides is 4. The predicted molar refractivity (Wildman–Crippen MR) is 98.5 cm³/mol. The number of carbonyl (C=O) groups excluding carboxylic acids is 2. The summed E-state index contributed by atoms with van der Waals surface area (Å²) in [7, 11) is 1.70. The highest BCUT2D eigenvalue weighted by Crippen LogP contribution is 2.32. The molecule has 2 aliphatic rings. The van der Waals surface area contributed by atoms with Crippen molar-refractivity contribution in [3.8, 4) is 5.75 Å². The van der Waals surface area contributed by atoms with E-state index >= 15 is 0 Å². The fraction of sp³-hybridized carbons (Fsp3) is 0.263. The molecule has 0 spiro atoms. The normalized spacial score (nSPS) is 18.1. The Kier molecular flexibility index (Phi) is 4.12. The number of hydrogen-bond acceptors (Lipinski definition) is 3. The summed E-state index contributed by atoms with van der Waals surface area (Å²) in [5, 5.41) is 8.73. The first-order valence-electron chi connectivity index (χ1n) is 8.56. The number of rotatable bonds is 2. The van der Waals surface area contributed by atoms with Gasteiger partial charge in [0.2, 0.25) is 0 Å². The standard InChI is InChI=1S/C19H20N4O3/c1-23-16-7-4-6-14(13(16)11-20-19(23)25)21-18(24)22-15-9-10-26-17-8-3-2-5-12(15)17/h2-8,15H,9-11H2,1H3,(H,20,25)(H2,21,22,24)/t15-/m1/s1. The highest BCUT2D eigenvalue weighted by atomic mass is 16.5.